The highest BCUT2D eigenvalue weighted by Crippen LogP contribution is 2.12. The van der Waals surface area contributed by atoms with E-state index in [2.05, 4.69) is 36.3 Å². The summed E-state index contributed by atoms with van der Waals surface area (Å²) in [7, 11) is 2.17. The summed E-state index contributed by atoms with van der Waals surface area (Å²) >= 11 is 0. The van der Waals surface area contributed by atoms with E-state index >= 15 is 0 Å². The number of rotatable bonds is 6. The van der Waals surface area contributed by atoms with Crippen LogP contribution in [0.3, 0.4) is 0 Å². The summed E-state index contributed by atoms with van der Waals surface area (Å²) in [6.45, 7) is 6.12. The van der Waals surface area contributed by atoms with Crippen LogP contribution in [0.2, 0.25) is 0 Å². The summed E-state index contributed by atoms with van der Waals surface area (Å²) < 4.78 is 5.76. The summed E-state index contributed by atoms with van der Waals surface area (Å²) in [6.07, 6.45) is 2.63. The Morgan fingerprint density at radius 3 is 3.06 bits per heavy atom. The average molecular weight is 248 g/mol. The zero-order valence-corrected chi connectivity index (χ0v) is 11.5. The third-order valence-electron chi connectivity index (χ3n) is 3.43. The summed E-state index contributed by atoms with van der Waals surface area (Å²) in [5.74, 6) is 0.974. The van der Waals surface area contributed by atoms with Crippen LogP contribution in [0, 0.1) is 6.92 Å². The van der Waals surface area contributed by atoms with Crippen molar-refractivity contribution < 1.29 is 4.74 Å². The van der Waals surface area contributed by atoms with Crippen molar-refractivity contribution in [2.24, 2.45) is 0 Å². The average Bonchev–Trinajstić information content (AvgIpc) is 2.82. The van der Waals surface area contributed by atoms with Crippen LogP contribution in [0.5, 0.6) is 5.75 Å². The molecule has 0 saturated carbocycles. The first-order valence-electron chi connectivity index (χ1n) is 6.85. The predicted molar refractivity (Wildman–Crippen MR) is 75.2 cm³/mol. The maximum absolute atomic E-state index is 5.76. The van der Waals surface area contributed by atoms with Gasteiger partial charge in [-0.2, -0.15) is 0 Å². The second kappa shape index (κ2) is 6.76. The van der Waals surface area contributed by atoms with Crippen LogP contribution in [-0.4, -0.2) is 44.2 Å². The molecule has 0 radical (unpaired) electrons. The molecule has 0 aromatic heterocycles. The number of hydrogen-bond donors (Lipinski definition) is 1. The van der Waals surface area contributed by atoms with Gasteiger partial charge in [-0.1, -0.05) is 12.1 Å². The quantitative estimate of drug-likeness (QED) is 0.834. The molecule has 2 rings (SSSR count). The Balaban J connectivity index is 1.65. The number of nitrogens with zero attached hydrogens (tertiary/aromatic N) is 1. The molecule has 1 aromatic rings. The molecule has 0 spiro atoms. The fourth-order valence-electron chi connectivity index (χ4n) is 2.40. The zero-order chi connectivity index (χ0) is 12.8. The highest BCUT2D eigenvalue weighted by molar-refractivity contribution is 5.27. The van der Waals surface area contributed by atoms with Gasteiger partial charge in [0.05, 0.1) is 0 Å². The minimum Gasteiger partial charge on any atom is -0.492 e. The van der Waals surface area contributed by atoms with Gasteiger partial charge in [0.15, 0.2) is 0 Å². The summed E-state index contributed by atoms with van der Waals surface area (Å²) in [5, 5.41) is 3.52. The predicted octanol–water partition coefficient (Wildman–Crippen LogP) is 2.06. The van der Waals surface area contributed by atoms with Crippen LogP contribution in [-0.2, 0) is 0 Å². The van der Waals surface area contributed by atoms with Crippen LogP contribution < -0.4 is 10.1 Å². The van der Waals surface area contributed by atoms with Crippen molar-refractivity contribution in [1.29, 1.82) is 0 Å². The van der Waals surface area contributed by atoms with Crippen molar-refractivity contribution in [2.45, 2.75) is 25.8 Å². The van der Waals surface area contributed by atoms with Crippen molar-refractivity contribution in [3.8, 4) is 5.75 Å². The molecular weight excluding hydrogens is 224 g/mol. The normalized spacial score (nSPS) is 19.4. The molecule has 100 valence electrons. The minimum absolute atomic E-state index is 0.675. The van der Waals surface area contributed by atoms with Gasteiger partial charge >= 0.3 is 0 Å². The largest absolute Gasteiger partial charge is 0.492 e. The van der Waals surface area contributed by atoms with E-state index in [0.717, 1.165) is 25.4 Å². The molecule has 3 nitrogen and oxygen atoms in total. The molecule has 1 saturated heterocycles. The Morgan fingerprint density at radius 1 is 1.44 bits per heavy atom. The first-order valence-corrected chi connectivity index (χ1v) is 6.85. The maximum Gasteiger partial charge on any atom is 0.119 e. The third kappa shape index (κ3) is 4.31. The first kappa shape index (κ1) is 13.4. The van der Waals surface area contributed by atoms with E-state index < -0.39 is 0 Å². The molecule has 0 amide bonds. The van der Waals surface area contributed by atoms with E-state index in [9.17, 15) is 0 Å². The van der Waals surface area contributed by atoms with Gasteiger partial charge < -0.3 is 15.0 Å². The lowest BCUT2D eigenvalue weighted by atomic mass is 10.2. The standard InChI is InChI=1S/C15H24N2O/c1-13-5-3-7-15(11-13)18-10-9-17(2)12-14-6-4-8-16-14/h3,5,7,11,14,16H,4,6,8-10,12H2,1-2H3. The Morgan fingerprint density at radius 2 is 2.33 bits per heavy atom. The fourth-order valence-corrected chi connectivity index (χ4v) is 2.40. The number of nitrogens with one attached hydrogen (secondary N) is 1. The zero-order valence-electron chi connectivity index (χ0n) is 11.5. The summed E-state index contributed by atoms with van der Waals surface area (Å²) in [4.78, 5) is 2.35. The van der Waals surface area contributed by atoms with Crippen molar-refractivity contribution in [3.63, 3.8) is 0 Å². The van der Waals surface area contributed by atoms with E-state index in [1.54, 1.807) is 0 Å². The van der Waals surface area contributed by atoms with Gasteiger partial charge in [0.2, 0.25) is 0 Å². The van der Waals surface area contributed by atoms with Crippen LogP contribution in [0.4, 0.5) is 0 Å². The molecular formula is C15H24N2O. The molecule has 1 aliphatic rings. The highest BCUT2D eigenvalue weighted by Gasteiger charge is 2.15. The Bertz CT molecular complexity index is 361. The van der Waals surface area contributed by atoms with Crippen LogP contribution in [0.1, 0.15) is 18.4 Å². The third-order valence-corrected chi connectivity index (χ3v) is 3.43. The Kier molecular flexibility index (Phi) is 5.02. The van der Waals surface area contributed by atoms with Gasteiger partial charge in [-0.05, 0) is 51.1 Å². The van der Waals surface area contributed by atoms with E-state index in [1.807, 2.05) is 12.1 Å². The SMILES string of the molecule is Cc1cccc(OCCN(C)CC2CCCN2)c1. The van der Waals surface area contributed by atoms with Crippen molar-refractivity contribution >= 4 is 0 Å². The maximum atomic E-state index is 5.76. The fraction of sp³-hybridized carbons (Fsp3) is 0.600. The lowest BCUT2D eigenvalue weighted by molar-refractivity contribution is 0.225. The molecule has 18 heavy (non-hydrogen) atoms. The second-order valence-electron chi connectivity index (χ2n) is 5.22. The summed E-state index contributed by atoms with van der Waals surface area (Å²) in [6, 6.07) is 8.90. The number of ether oxygens (including phenoxy) is 1. The molecule has 1 fully saturated rings. The molecule has 1 unspecified atom stereocenters. The number of hydrogen-bond acceptors (Lipinski definition) is 3. The molecule has 1 N–H and O–H groups in total. The molecule has 0 bridgehead atoms. The van der Waals surface area contributed by atoms with E-state index in [0.29, 0.717) is 6.04 Å². The first-order chi connectivity index (χ1) is 8.74. The molecule has 1 aliphatic heterocycles. The number of likely N-dealkylation sites (N-methyl/N-ethyl adjacent to an activating group) is 1. The highest BCUT2D eigenvalue weighted by atomic mass is 16.5. The van der Waals surface area contributed by atoms with E-state index in [-0.39, 0.29) is 0 Å². The lowest BCUT2D eigenvalue weighted by Gasteiger charge is -2.21. The van der Waals surface area contributed by atoms with Gasteiger partial charge in [0.1, 0.15) is 12.4 Å². The van der Waals surface area contributed by atoms with Crippen molar-refractivity contribution in [3.05, 3.63) is 29.8 Å². The van der Waals surface area contributed by atoms with Gasteiger partial charge in [-0.3, -0.25) is 0 Å². The van der Waals surface area contributed by atoms with Crippen LogP contribution in [0.25, 0.3) is 0 Å². The van der Waals surface area contributed by atoms with Crippen LogP contribution in [0.15, 0.2) is 24.3 Å². The van der Waals surface area contributed by atoms with Gasteiger partial charge in [-0.25, -0.2) is 0 Å². The smallest absolute Gasteiger partial charge is 0.119 e. The molecule has 3 heteroatoms. The van der Waals surface area contributed by atoms with Gasteiger partial charge in [0, 0.05) is 19.1 Å². The van der Waals surface area contributed by atoms with E-state index in [1.165, 1.54) is 24.9 Å². The van der Waals surface area contributed by atoms with E-state index in [4.69, 9.17) is 4.74 Å². The van der Waals surface area contributed by atoms with Crippen molar-refractivity contribution in [1.82, 2.24) is 10.2 Å². The Hall–Kier alpha value is -1.06. The molecule has 0 aliphatic carbocycles. The number of aryl methyl sites for hydroxylation is 1. The van der Waals surface area contributed by atoms with Gasteiger partial charge in [0.25, 0.3) is 0 Å². The molecule has 1 aromatic carbocycles. The second-order valence-corrected chi connectivity index (χ2v) is 5.22. The van der Waals surface area contributed by atoms with Gasteiger partial charge in [-0.15, -0.1) is 0 Å². The monoisotopic (exact) mass is 248 g/mol. The van der Waals surface area contributed by atoms with Crippen LogP contribution >= 0.6 is 0 Å². The molecule has 1 atom stereocenters. The van der Waals surface area contributed by atoms with Crippen molar-refractivity contribution in [2.75, 3.05) is 33.3 Å². The Labute approximate surface area is 110 Å². The number of benzene rings is 1. The summed E-state index contributed by atoms with van der Waals surface area (Å²) in [5.41, 5.74) is 1.25. The topological polar surface area (TPSA) is 24.5 Å². The minimum atomic E-state index is 0.675. The lowest BCUT2D eigenvalue weighted by Crippen LogP contribution is -2.37. The molecule has 1 heterocycles.